The number of phenolic OH excluding ortho intramolecular Hbond substituents is 2. The van der Waals surface area contributed by atoms with Gasteiger partial charge in [0.15, 0.2) is 12.6 Å². The van der Waals surface area contributed by atoms with Gasteiger partial charge in [0.2, 0.25) is 0 Å². The second-order valence-corrected chi connectivity index (χ2v) is 3.35. The first-order valence-corrected chi connectivity index (χ1v) is 5.15. The minimum atomic E-state index is 0. The number of hydrogen-bond donors (Lipinski definition) is 2. The number of para-hydroxylation sites is 2. The molecular formula is C14H12CuO4. The summed E-state index contributed by atoms with van der Waals surface area (Å²) in [4.78, 5) is 20.1. The zero-order valence-electron chi connectivity index (χ0n) is 9.79. The monoisotopic (exact) mass is 307 g/mol. The number of benzene rings is 2. The van der Waals surface area contributed by atoms with Gasteiger partial charge in [-0.3, -0.25) is 9.59 Å². The standard InChI is InChI=1S/2C7H6O2.Cu/c2*8-5-6-3-1-2-4-7(6)9;/h2*1-5,9H;. The van der Waals surface area contributed by atoms with Gasteiger partial charge in [-0.1, -0.05) is 24.3 Å². The van der Waals surface area contributed by atoms with E-state index >= 15 is 0 Å². The van der Waals surface area contributed by atoms with Crippen LogP contribution in [0, 0.1) is 0 Å². The fourth-order valence-electron chi connectivity index (χ4n) is 1.17. The Bertz CT molecular complexity index is 491. The van der Waals surface area contributed by atoms with Crippen molar-refractivity contribution in [2.45, 2.75) is 0 Å². The molecule has 0 saturated carbocycles. The summed E-state index contributed by atoms with van der Waals surface area (Å²) >= 11 is 0. The van der Waals surface area contributed by atoms with E-state index in [1.165, 1.54) is 12.1 Å². The van der Waals surface area contributed by atoms with Gasteiger partial charge in [-0.05, 0) is 24.3 Å². The molecule has 0 fully saturated rings. The van der Waals surface area contributed by atoms with Gasteiger partial charge in [0.25, 0.3) is 0 Å². The van der Waals surface area contributed by atoms with Crippen LogP contribution in [0.5, 0.6) is 11.5 Å². The Kier molecular flexibility index (Phi) is 7.93. The topological polar surface area (TPSA) is 74.6 Å². The third-order valence-corrected chi connectivity index (χ3v) is 2.13. The summed E-state index contributed by atoms with van der Waals surface area (Å²) in [5, 5.41) is 17.8. The molecule has 103 valence electrons. The van der Waals surface area contributed by atoms with Crippen molar-refractivity contribution < 1.29 is 36.9 Å². The molecule has 0 saturated heterocycles. The van der Waals surface area contributed by atoms with E-state index < -0.39 is 0 Å². The number of hydrogen-bond acceptors (Lipinski definition) is 4. The number of carbonyl (C=O) groups excluding carboxylic acids is 2. The third-order valence-electron chi connectivity index (χ3n) is 2.13. The zero-order chi connectivity index (χ0) is 13.4. The molecule has 2 rings (SSSR count). The van der Waals surface area contributed by atoms with Crippen molar-refractivity contribution in [2.24, 2.45) is 0 Å². The van der Waals surface area contributed by atoms with Crippen molar-refractivity contribution in [3.8, 4) is 11.5 Å². The van der Waals surface area contributed by atoms with Crippen LogP contribution in [0.1, 0.15) is 20.7 Å². The predicted octanol–water partition coefficient (Wildman–Crippen LogP) is 2.41. The van der Waals surface area contributed by atoms with Crippen LogP contribution in [0.3, 0.4) is 0 Å². The first-order chi connectivity index (χ1) is 8.69. The molecule has 0 amide bonds. The maximum atomic E-state index is 10.1. The minimum absolute atomic E-state index is 0. The zero-order valence-corrected chi connectivity index (χ0v) is 10.7. The molecule has 0 bridgehead atoms. The Morgan fingerprint density at radius 3 is 1.21 bits per heavy atom. The fraction of sp³-hybridized carbons (Fsp3) is 0. The molecule has 2 aromatic carbocycles. The largest absolute Gasteiger partial charge is 0.507 e. The average molecular weight is 308 g/mol. The Labute approximate surface area is 121 Å². The molecule has 0 aliphatic heterocycles. The van der Waals surface area contributed by atoms with Crippen molar-refractivity contribution in [3.05, 3.63) is 59.7 Å². The van der Waals surface area contributed by atoms with E-state index in [1.54, 1.807) is 36.4 Å². The number of carbonyl (C=O) groups is 2. The number of rotatable bonds is 2. The second kappa shape index (κ2) is 8.91. The van der Waals surface area contributed by atoms with Gasteiger partial charge >= 0.3 is 0 Å². The van der Waals surface area contributed by atoms with Crippen molar-refractivity contribution in [2.75, 3.05) is 0 Å². The third kappa shape index (κ3) is 5.38. The van der Waals surface area contributed by atoms with Crippen molar-refractivity contribution >= 4 is 12.6 Å². The fourth-order valence-corrected chi connectivity index (χ4v) is 1.17. The molecular weight excluding hydrogens is 296 g/mol. The van der Waals surface area contributed by atoms with Gasteiger partial charge in [-0.15, -0.1) is 0 Å². The summed E-state index contributed by atoms with van der Waals surface area (Å²) in [7, 11) is 0. The van der Waals surface area contributed by atoms with E-state index in [-0.39, 0.29) is 28.6 Å². The number of aromatic hydroxyl groups is 2. The van der Waals surface area contributed by atoms with E-state index in [2.05, 4.69) is 0 Å². The summed E-state index contributed by atoms with van der Waals surface area (Å²) in [5.74, 6) is 0.0694. The quantitative estimate of drug-likeness (QED) is 0.660. The summed E-state index contributed by atoms with van der Waals surface area (Å²) in [6.07, 6.45) is 1.24. The molecule has 2 aromatic rings. The van der Waals surface area contributed by atoms with Gasteiger partial charge in [0.1, 0.15) is 11.5 Å². The normalized spacial score (nSPS) is 8.42. The average Bonchev–Trinajstić information content (AvgIpc) is 2.41. The molecule has 4 nitrogen and oxygen atoms in total. The molecule has 0 spiro atoms. The molecule has 19 heavy (non-hydrogen) atoms. The molecule has 2 N–H and O–H groups in total. The van der Waals surface area contributed by atoms with Crippen LogP contribution < -0.4 is 0 Å². The van der Waals surface area contributed by atoms with Crippen LogP contribution in [-0.4, -0.2) is 22.8 Å². The first kappa shape index (κ1) is 16.9. The molecule has 0 heterocycles. The summed E-state index contributed by atoms with van der Waals surface area (Å²) < 4.78 is 0. The smallest absolute Gasteiger partial charge is 0.153 e. The minimum Gasteiger partial charge on any atom is -0.507 e. The van der Waals surface area contributed by atoms with Crippen molar-refractivity contribution in [1.82, 2.24) is 0 Å². The van der Waals surface area contributed by atoms with E-state index in [1.807, 2.05) is 0 Å². The van der Waals surface area contributed by atoms with Crippen LogP contribution in [0.2, 0.25) is 0 Å². The summed E-state index contributed by atoms with van der Waals surface area (Å²) in [6, 6.07) is 12.8. The van der Waals surface area contributed by atoms with E-state index in [0.29, 0.717) is 23.7 Å². The Morgan fingerprint density at radius 2 is 1.00 bits per heavy atom. The molecule has 0 aliphatic rings. The van der Waals surface area contributed by atoms with Crippen LogP contribution >= 0.6 is 0 Å². The first-order valence-electron chi connectivity index (χ1n) is 5.15. The molecule has 1 radical (unpaired) electrons. The van der Waals surface area contributed by atoms with Gasteiger partial charge < -0.3 is 10.2 Å². The summed E-state index contributed by atoms with van der Waals surface area (Å²) in [5.41, 5.74) is 0.662. The van der Waals surface area contributed by atoms with E-state index in [9.17, 15) is 9.59 Å². The second-order valence-electron chi connectivity index (χ2n) is 3.35. The predicted molar refractivity (Wildman–Crippen MR) is 67.0 cm³/mol. The van der Waals surface area contributed by atoms with Crippen molar-refractivity contribution in [3.63, 3.8) is 0 Å². The van der Waals surface area contributed by atoms with Gasteiger partial charge in [0.05, 0.1) is 11.1 Å². The van der Waals surface area contributed by atoms with Crippen LogP contribution in [0.4, 0.5) is 0 Å². The van der Waals surface area contributed by atoms with E-state index in [4.69, 9.17) is 10.2 Å². The van der Waals surface area contributed by atoms with Gasteiger partial charge in [-0.25, -0.2) is 0 Å². The molecule has 0 aromatic heterocycles. The SMILES string of the molecule is O=Cc1ccccc1O.O=Cc1ccccc1O.[Cu]. The maximum Gasteiger partial charge on any atom is 0.153 e. The van der Waals surface area contributed by atoms with Gasteiger partial charge in [0, 0.05) is 17.1 Å². The number of phenols is 2. The van der Waals surface area contributed by atoms with Crippen LogP contribution in [0.15, 0.2) is 48.5 Å². The molecule has 5 heteroatoms. The van der Waals surface area contributed by atoms with Crippen LogP contribution in [-0.2, 0) is 17.1 Å². The van der Waals surface area contributed by atoms with Crippen molar-refractivity contribution in [1.29, 1.82) is 0 Å². The Morgan fingerprint density at radius 1 is 0.684 bits per heavy atom. The number of aldehydes is 2. The van der Waals surface area contributed by atoms with Gasteiger partial charge in [-0.2, -0.15) is 0 Å². The van der Waals surface area contributed by atoms with Crippen LogP contribution in [0.25, 0.3) is 0 Å². The molecule has 0 atom stereocenters. The summed E-state index contributed by atoms with van der Waals surface area (Å²) in [6.45, 7) is 0. The Balaban J connectivity index is 0.000000324. The molecule has 0 aliphatic carbocycles. The van der Waals surface area contributed by atoms with E-state index in [0.717, 1.165) is 0 Å². The maximum absolute atomic E-state index is 10.1. The molecule has 0 unspecified atom stereocenters. The Hall–Kier alpha value is -2.10.